The van der Waals surface area contributed by atoms with Crippen molar-refractivity contribution in [3.63, 3.8) is 0 Å². The topological polar surface area (TPSA) is 72.5 Å². The van der Waals surface area contributed by atoms with Crippen LogP contribution in [-0.2, 0) is 10.0 Å². The van der Waals surface area contributed by atoms with E-state index in [-0.39, 0.29) is 26.4 Å². The van der Waals surface area contributed by atoms with Crippen LogP contribution in [-0.4, -0.2) is 21.3 Å². The standard InChI is InChI=1S/C22H17Cl2NO4S/c1-29-21-5-3-2-4-16(21)8-13-20(26)15-6-10-18(11-7-15)25-30(27,28)22-14-17(23)9-12-19(22)24/h2-14,25H,1H3/b13-8+. The second kappa shape index (κ2) is 9.34. The Kier molecular flexibility index (Phi) is 6.82. The van der Waals surface area contributed by atoms with Crippen LogP contribution in [0.3, 0.4) is 0 Å². The third-order valence-corrected chi connectivity index (χ3v) is 6.26. The zero-order chi connectivity index (χ0) is 21.7. The Morgan fingerprint density at radius 2 is 1.70 bits per heavy atom. The van der Waals surface area contributed by atoms with Crippen LogP contribution >= 0.6 is 23.2 Å². The predicted octanol–water partition coefficient (Wildman–Crippen LogP) is 5.70. The molecule has 0 atom stereocenters. The Labute approximate surface area is 185 Å². The number of carbonyl (C=O) groups excluding carboxylic acids is 1. The average molecular weight is 462 g/mol. The minimum absolute atomic E-state index is 0.0557. The number of benzene rings is 3. The zero-order valence-corrected chi connectivity index (χ0v) is 18.1. The van der Waals surface area contributed by atoms with Crippen molar-refractivity contribution in [1.82, 2.24) is 0 Å². The Morgan fingerprint density at radius 1 is 1.00 bits per heavy atom. The highest BCUT2D eigenvalue weighted by atomic mass is 35.5. The third-order valence-electron chi connectivity index (χ3n) is 4.16. The highest BCUT2D eigenvalue weighted by Crippen LogP contribution is 2.27. The monoisotopic (exact) mass is 461 g/mol. The van der Waals surface area contributed by atoms with Crippen molar-refractivity contribution in [3.05, 3.63) is 94.0 Å². The molecule has 0 saturated carbocycles. The zero-order valence-electron chi connectivity index (χ0n) is 15.8. The fraction of sp³-hybridized carbons (Fsp3) is 0.0455. The van der Waals surface area contributed by atoms with Gasteiger partial charge in [0.25, 0.3) is 10.0 Å². The van der Waals surface area contributed by atoms with Crippen LogP contribution in [0.1, 0.15) is 15.9 Å². The summed E-state index contributed by atoms with van der Waals surface area (Å²) in [5.41, 5.74) is 1.47. The van der Waals surface area contributed by atoms with Gasteiger partial charge in [0.15, 0.2) is 5.78 Å². The number of anilines is 1. The lowest BCUT2D eigenvalue weighted by atomic mass is 10.1. The van der Waals surface area contributed by atoms with E-state index < -0.39 is 10.0 Å². The SMILES string of the molecule is COc1ccccc1/C=C/C(=O)c1ccc(NS(=O)(=O)c2cc(Cl)ccc2Cl)cc1. The van der Waals surface area contributed by atoms with Gasteiger partial charge in [-0.05, 0) is 60.7 Å². The summed E-state index contributed by atoms with van der Waals surface area (Å²) in [5.74, 6) is 0.430. The largest absolute Gasteiger partial charge is 0.496 e. The van der Waals surface area contributed by atoms with Gasteiger partial charge in [-0.2, -0.15) is 0 Å². The van der Waals surface area contributed by atoms with E-state index in [1.54, 1.807) is 19.3 Å². The summed E-state index contributed by atoms with van der Waals surface area (Å²) in [6.07, 6.45) is 3.10. The first kappa shape index (κ1) is 21.9. The van der Waals surface area contributed by atoms with E-state index in [4.69, 9.17) is 27.9 Å². The Balaban J connectivity index is 1.75. The van der Waals surface area contributed by atoms with Gasteiger partial charge in [-0.1, -0.05) is 41.4 Å². The lowest BCUT2D eigenvalue weighted by Gasteiger charge is -2.10. The number of hydrogen-bond donors (Lipinski definition) is 1. The van der Waals surface area contributed by atoms with Crippen molar-refractivity contribution in [2.75, 3.05) is 11.8 Å². The highest BCUT2D eigenvalue weighted by Gasteiger charge is 2.18. The highest BCUT2D eigenvalue weighted by molar-refractivity contribution is 7.92. The normalized spacial score (nSPS) is 11.4. The van der Waals surface area contributed by atoms with Crippen LogP contribution in [0.5, 0.6) is 5.75 Å². The number of allylic oxidation sites excluding steroid dienone is 1. The number of ketones is 1. The summed E-state index contributed by atoms with van der Waals surface area (Å²) in [5, 5.41) is 0.308. The maximum absolute atomic E-state index is 12.6. The molecule has 0 amide bonds. The Bertz CT molecular complexity index is 1210. The van der Waals surface area contributed by atoms with Gasteiger partial charge >= 0.3 is 0 Å². The Hall–Kier alpha value is -2.80. The second-order valence-corrected chi connectivity index (χ2v) is 8.69. The summed E-state index contributed by atoms with van der Waals surface area (Å²) in [6, 6.07) is 17.6. The van der Waals surface area contributed by atoms with E-state index in [0.717, 1.165) is 5.56 Å². The van der Waals surface area contributed by atoms with Crippen molar-refractivity contribution in [3.8, 4) is 5.75 Å². The molecule has 0 aliphatic carbocycles. The summed E-state index contributed by atoms with van der Waals surface area (Å²) < 4.78 is 32.8. The van der Waals surface area contributed by atoms with Crippen molar-refractivity contribution in [2.24, 2.45) is 0 Å². The second-order valence-electron chi connectivity index (χ2n) is 6.20. The van der Waals surface area contributed by atoms with Crippen LogP contribution < -0.4 is 9.46 Å². The lowest BCUT2D eigenvalue weighted by molar-refractivity contribution is 0.104. The molecule has 0 aliphatic heterocycles. The molecule has 0 unspecified atom stereocenters. The summed E-state index contributed by atoms with van der Waals surface area (Å²) in [6.45, 7) is 0. The van der Waals surface area contributed by atoms with Crippen molar-refractivity contribution in [2.45, 2.75) is 4.90 Å². The molecule has 0 radical (unpaired) electrons. The quantitative estimate of drug-likeness (QED) is 0.361. The molecule has 3 aromatic rings. The number of nitrogens with one attached hydrogen (secondary N) is 1. The lowest BCUT2D eigenvalue weighted by Crippen LogP contribution is -2.13. The molecule has 3 aromatic carbocycles. The van der Waals surface area contributed by atoms with Crippen LogP contribution in [0.25, 0.3) is 6.08 Å². The minimum Gasteiger partial charge on any atom is -0.496 e. The molecular weight excluding hydrogens is 445 g/mol. The van der Waals surface area contributed by atoms with Gasteiger partial charge in [-0.15, -0.1) is 0 Å². The first-order valence-corrected chi connectivity index (χ1v) is 11.0. The molecule has 5 nitrogen and oxygen atoms in total. The van der Waals surface area contributed by atoms with Gasteiger partial charge in [0, 0.05) is 21.8 Å². The maximum Gasteiger partial charge on any atom is 0.263 e. The molecule has 0 saturated heterocycles. The van der Waals surface area contributed by atoms with E-state index >= 15 is 0 Å². The summed E-state index contributed by atoms with van der Waals surface area (Å²) >= 11 is 11.9. The van der Waals surface area contributed by atoms with E-state index in [0.29, 0.717) is 11.3 Å². The molecular formula is C22H17Cl2NO4S. The number of rotatable bonds is 7. The predicted molar refractivity (Wildman–Crippen MR) is 120 cm³/mol. The fourth-order valence-electron chi connectivity index (χ4n) is 2.66. The van der Waals surface area contributed by atoms with E-state index in [1.165, 1.54) is 48.5 Å². The van der Waals surface area contributed by atoms with Crippen LogP contribution in [0.4, 0.5) is 5.69 Å². The van der Waals surface area contributed by atoms with Gasteiger partial charge in [0.05, 0.1) is 12.1 Å². The molecule has 3 rings (SSSR count). The molecule has 0 fully saturated rings. The summed E-state index contributed by atoms with van der Waals surface area (Å²) in [4.78, 5) is 12.3. The number of sulfonamides is 1. The van der Waals surface area contributed by atoms with Crippen LogP contribution in [0.2, 0.25) is 10.0 Å². The average Bonchev–Trinajstić information content (AvgIpc) is 2.74. The molecule has 0 heterocycles. The van der Waals surface area contributed by atoms with Gasteiger partial charge in [0.2, 0.25) is 0 Å². The number of hydrogen-bond acceptors (Lipinski definition) is 4. The van der Waals surface area contributed by atoms with E-state index in [1.807, 2.05) is 18.2 Å². The molecule has 30 heavy (non-hydrogen) atoms. The number of carbonyl (C=O) groups is 1. The number of ether oxygens (including phenoxy) is 1. The maximum atomic E-state index is 12.6. The van der Waals surface area contributed by atoms with Crippen LogP contribution in [0.15, 0.2) is 77.7 Å². The van der Waals surface area contributed by atoms with Gasteiger partial charge < -0.3 is 4.74 Å². The van der Waals surface area contributed by atoms with Crippen LogP contribution in [0, 0.1) is 0 Å². The molecule has 1 N–H and O–H groups in total. The molecule has 154 valence electrons. The minimum atomic E-state index is -3.93. The number of para-hydroxylation sites is 1. The first-order chi connectivity index (χ1) is 14.3. The number of methoxy groups -OCH3 is 1. The molecule has 0 aliphatic rings. The molecule has 0 spiro atoms. The molecule has 0 aromatic heterocycles. The molecule has 8 heteroatoms. The number of halogens is 2. The fourth-order valence-corrected chi connectivity index (χ4v) is 4.48. The summed E-state index contributed by atoms with van der Waals surface area (Å²) in [7, 11) is -2.37. The van der Waals surface area contributed by atoms with Gasteiger partial charge in [0.1, 0.15) is 10.6 Å². The van der Waals surface area contributed by atoms with E-state index in [2.05, 4.69) is 4.72 Å². The van der Waals surface area contributed by atoms with Gasteiger partial charge in [-0.3, -0.25) is 9.52 Å². The first-order valence-electron chi connectivity index (χ1n) is 8.73. The van der Waals surface area contributed by atoms with Crippen molar-refractivity contribution in [1.29, 1.82) is 0 Å². The van der Waals surface area contributed by atoms with Crippen molar-refractivity contribution >= 4 is 50.8 Å². The van der Waals surface area contributed by atoms with E-state index in [9.17, 15) is 13.2 Å². The van der Waals surface area contributed by atoms with Gasteiger partial charge in [-0.25, -0.2) is 8.42 Å². The van der Waals surface area contributed by atoms with Crippen molar-refractivity contribution < 1.29 is 17.9 Å². The third kappa shape index (κ3) is 5.21. The molecule has 0 bridgehead atoms. The smallest absolute Gasteiger partial charge is 0.263 e. The Morgan fingerprint density at radius 3 is 2.40 bits per heavy atom.